The molecule has 2 N–H and O–H groups in total. The van der Waals surface area contributed by atoms with Gasteiger partial charge in [-0.3, -0.25) is 9.89 Å². The second-order valence-electron chi connectivity index (χ2n) is 6.84. The molecule has 2 unspecified atom stereocenters. The topological polar surface area (TPSA) is 58.1 Å². The largest absolute Gasteiger partial charge is 0.489 e. The highest BCUT2D eigenvalue weighted by atomic mass is 16.5. The van der Waals surface area contributed by atoms with Crippen LogP contribution in [0.1, 0.15) is 26.3 Å². The first kappa shape index (κ1) is 20.5. The van der Waals surface area contributed by atoms with Gasteiger partial charge in [0.25, 0.3) is 0 Å². The fourth-order valence-corrected chi connectivity index (χ4v) is 2.83. The Morgan fingerprint density at radius 3 is 2.54 bits per heavy atom. The van der Waals surface area contributed by atoms with Crippen molar-refractivity contribution in [3.05, 3.63) is 29.8 Å². The summed E-state index contributed by atoms with van der Waals surface area (Å²) in [6.45, 7) is 14.4. The molecule has 0 saturated carbocycles. The first-order valence-corrected chi connectivity index (χ1v) is 9.65. The summed E-state index contributed by atoms with van der Waals surface area (Å²) in [5.74, 6) is 1.74. The predicted octanol–water partition coefficient (Wildman–Crippen LogP) is 2.04. The number of nitrogens with zero attached hydrogens (tertiary/aromatic N) is 2. The first-order chi connectivity index (χ1) is 12.6. The van der Waals surface area contributed by atoms with Gasteiger partial charge in [-0.05, 0) is 39.8 Å². The first-order valence-electron chi connectivity index (χ1n) is 9.65. The predicted molar refractivity (Wildman–Crippen MR) is 107 cm³/mol. The zero-order valence-corrected chi connectivity index (χ0v) is 16.6. The molecule has 26 heavy (non-hydrogen) atoms. The van der Waals surface area contributed by atoms with Gasteiger partial charge in [-0.1, -0.05) is 17.7 Å². The van der Waals surface area contributed by atoms with Crippen molar-refractivity contribution in [2.24, 2.45) is 4.99 Å². The number of rotatable bonds is 8. The maximum atomic E-state index is 5.95. The van der Waals surface area contributed by atoms with Gasteiger partial charge in [0.1, 0.15) is 11.9 Å². The van der Waals surface area contributed by atoms with Crippen LogP contribution in [0.2, 0.25) is 0 Å². The Kier molecular flexibility index (Phi) is 8.71. The summed E-state index contributed by atoms with van der Waals surface area (Å²) in [7, 11) is 0. The quantitative estimate of drug-likeness (QED) is 0.547. The van der Waals surface area contributed by atoms with Crippen molar-refractivity contribution in [2.45, 2.75) is 39.8 Å². The third-order valence-corrected chi connectivity index (χ3v) is 4.44. The van der Waals surface area contributed by atoms with Crippen LogP contribution in [-0.4, -0.2) is 68.9 Å². The number of aryl methyl sites for hydroxylation is 1. The molecule has 0 spiro atoms. The highest BCUT2D eigenvalue weighted by Crippen LogP contribution is 2.13. The normalized spacial score (nSPS) is 18.2. The summed E-state index contributed by atoms with van der Waals surface area (Å²) in [5, 5.41) is 6.69. The van der Waals surface area contributed by atoms with E-state index >= 15 is 0 Å². The van der Waals surface area contributed by atoms with Crippen LogP contribution < -0.4 is 15.4 Å². The molecule has 6 nitrogen and oxygen atoms in total. The Morgan fingerprint density at radius 2 is 1.88 bits per heavy atom. The number of nitrogens with one attached hydrogen (secondary N) is 2. The highest BCUT2D eigenvalue weighted by molar-refractivity contribution is 5.79. The second-order valence-corrected chi connectivity index (χ2v) is 6.84. The lowest BCUT2D eigenvalue weighted by atomic mass is 10.2. The van der Waals surface area contributed by atoms with Gasteiger partial charge in [-0.25, -0.2) is 0 Å². The molecule has 1 heterocycles. The number of morpholine rings is 1. The van der Waals surface area contributed by atoms with E-state index in [-0.39, 0.29) is 6.10 Å². The van der Waals surface area contributed by atoms with Crippen molar-refractivity contribution < 1.29 is 9.47 Å². The van der Waals surface area contributed by atoms with E-state index in [0.717, 1.165) is 51.1 Å². The lowest BCUT2D eigenvalue weighted by molar-refractivity contribution is 0.0220. The average Bonchev–Trinajstić information content (AvgIpc) is 2.66. The second kappa shape index (κ2) is 11.0. The summed E-state index contributed by atoms with van der Waals surface area (Å²) in [6.07, 6.45) is 0.0539. The molecule has 0 aliphatic carbocycles. The van der Waals surface area contributed by atoms with Crippen molar-refractivity contribution in [1.29, 1.82) is 0 Å². The molecule has 1 aliphatic heterocycles. The van der Waals surface area contributed by atoms with E-state index < -0.39 is 0 Å². The third kappa shape index (κ3) is 7.22. The maximum Gasteiger partial charge on any atom is 0.191 e. The summed E-state index contributed by atoms with van der Waals surface area (Å²) in [4.78, 5) is 7.17. The third-order valence-electron chi connectivity index (χ3n) is 4.44. The van der Waals surface area contributed by atoms with Crippen LogP contribution in [0.5, 0.6) is 5.75 Å². The Labute approximate surface area is 158 Å². The van der Waals surface area contributed by atoms with E-state index in [1.807, 2.05) is 12.1 Å². The molecule has 1 aliphatic rings. The molecular weight excluding hydrogens is 328 g/mol. The van der Waals surface area contributed by atoms with Gasteiger partial charge in [0.15, 0.2) is 5.96 Å². The van der Waals surface area contributed by atoms with E-state index in [4.69, 9.17) is 14.5 Å². The summed E-state index contributed by atoms with van der Waals surface area (Å²) < 4.78 is 11.4. The number of benzene rings is 1. The van der Waals surface area contributed by atoms with Crippen LogP contribution in [0.15, 0.2) is 29.3 Å². The van der Waals surface area contributed by atoms with Crippen LogP contribution in [-0.2, 0) is 4.74 Å². The molecule has 0 amide bonds. The summed E-state index contributed by atoms with van der Waals surface area (Å²) in [6, 6.07) is 8.56. The smallest absolute Gasteiger partial charge is 0.191 e. The maximum absolute atomic E-state index is 5.95. The van der Waals surface area contributed by atoms with Gasteiger partial charge in [0.2, 0.25) is 0 Å². The van der Waals surface area contributed by atoms with Crippen LogP contribution >= 0.6 is 0 Å². The minimum Gasteiger partial charge on any atom is -0.489 e. The van der Waals surface area contributed by atoms with Crippen molar-refractivity contribution in [3.8, 4) is 5.75 Å². The van der Waals surface area contributed by atoms with Gasteiger partial charge in [-0.15, -0.1) is 0 Å². The van der Waals surface area contributed by atoms with Gasteiger partial charge in [-0.2, -0.15) is 0 Å². The number of guanidine groups is 1. The van der Waals surface area contributed by atoms with Crippen LogP contribution in [0, 0.1) is 6.92 Å². The molecule has 1 fully saturated rings. The van der Waals surface area contributed by atoms with Crippen molar-refractivity contribution >= 4 is 5.96 Å². The van der Waals surface area contributed by atoms with Crippen molar-refractivity contribution in [3.63, 3.8) is 0 Å². The van der Waals surface area contributed by atoms with Crippen LogP contribution in [0.25, 0.3) is 0 Å². The molecule has 1 aromatic carbocycles. The SMILES string of the molecule is CCNC(=NCC(C)N1CCOCC1)NCC(C)Oc1ccc(C)cc1. The van der Waals surface area contributed by atoms with Crippen molar-refractivity contribution in [1.82, 2.24) is 15.5 Å². The lowest BCUT2D eigenvalue weighted by Crippen LogP contribution is -2.45. The van der Waals surface area contributed by atoms with E-state index in [2.05, 4.69) is 55.4 Å². The van der Waals surface area contributed by atoms with Crippen molar-refractivity contribution in [2.75, 3.05) is 45.9 Å². The van der Waals surface area contributed by atoms with E-state index in [1.54, 1.807) is 0 Å². The zero-order valence-electron chi connectivity index (χ0n) is 16.6. The average molecular weight is 363 g/mol. The van der Waals surface area contributed by atoms with Crippen LogP contribution in [0.4, 0.5) is 0 Å². The summed E-state index contributed by atoms with van der Waals surface area (Å²) in [5.41, 5.74) is 1.24. The molecule has 0 bridgehead atoms. The minimum atomic E-state index is 0.0539. The number of hydrogen-bond acceptors (Lipinski definition) is 4. The van der Waals surface area contributed by atoms with E-state index in [0.29, 0.717) is 12.6 Å². The molecule has 1 saturated heterocycles. The standard InChI is InChI=1S/C20H34N4O2/c1-5-21-20(22-14-17(3)24-10-12-25-13-11-24)23-15-18(4)26-19-8-6-16(2)7-9-19/h6-9,17-18H,5,10-15H2,1-4H3,(H2,21,22,23). The Hall–Kier alpha value is -1.79. The molecule has 6 heteroatoms. The molecule has 2 atom stereocenters. The molecule has 146 valence electrons. The molecule has 0 radical (unpaired) electrons. The number of hydrogen-bond donors (Lipinski definition) is 2. The van der Waals surface area contributed by atoms with Gasteiger partial charge < -0.3 is 20.1 Å². The fraction of sp³-hybridized carbons (Fsp3) is 0.650. The number of aliphatic imine (C=N–C) groups is 1. The zero-order chi connectivity index (χ0) is 18.8. The van der Waals surface area contributed by atoms with Gasteiger partial charge in [0, 0.05) is 25.7 Å². The Morgan fingerprint density at radius 1 is 1.19 bits per heavy atom. The molecular formula is C20H34N4O2. The molecule has 2 rings (SSSR count). The van der Waals surface area contributed by atoms with Crippen LogP contribution in [0.3, 0.4) is 0 Å². The number of ether oxygens (including phenoxy) is 2. The minimum absolute atomic E-state index is 0.0539. The summed E-state index contributed by atoms with van der Waals surface area (Å²) >= 11 is 0. The fourth-order valence-electron chi connectivity index (χ4n) is 2.83. The highest BCUT2D eigenvalue weighted by Gasteiger charge is 2.16. The Balaban J connectivity index is 1.79. The van der Waals surface area contributed by atoms with E-state index in [1.165, 1.54) is 5.56 Å². The molecule has 0 aromatic heterocycles. The monoisotopic (exact) mass is 362 g/mol. The van der Waals surface area contributed by atoms with Gasteiger partial charge in [0.05, 0.1) is 26.3 Å². The molecule has 1 aromatic rings. The lowest BCUT2D eigenvalue weighted by Gasteiger charge is -2.31. The van der Waals surface area contributed by atoms with E-state index in [9.17, 15) is 0 Å². The Bertz CT molecular complexity index is 541. The van der Waals surface area contributed by atoms with Gasteiger partial charge >= 0.3 is 0 Å².